The van der Waals surface area contributed by atoms with Gasteiger partial charge in [0.2, 0.25) is 5.91 Å². The zero-order chi connectivity index (χ0) is 10.1. The Kier molecular flexibility index (Phi) is 7.76. The standard InChI is InChI=1S/C11H23NO/c1-4-5-6-7-8-9-10-11(13)12(2)3/h4-10H2,1-3H3. The van der Waals surface area contributed by atoms with Crippen molar-refractivity contribution >= 4 is 5.91 Å². The highest BCUT2D eigenvalue weighted by molar-refractivity contribution is 5.75. The predicted molar refractivity (Wildman–Crippen MR) is 56.7 cm³/mol. The van der Waals surface area contributed by atoms with Gasteiger partial charge in [-0.2, -0.15) is 0 Å². The molecule has 2 heteroatoms. The van der Waals surface area contributed by atoms with E-state index in [1.165, 1.54) is 32.1 Å². The van der Waals surface area contributed by atoms with E-state index in [0.717, 1.165) is 12.8 Å². The first-order chi connectivity index (χ1) is 6.18. The van der Waals surface area contributed by atoms with Crippen molar-refractivity contribution in [2.24, 2.45) is 0 Å². The van der Waals surface area contributed by atoms with Crippen molar-refractivity contribution < 1.29 is 4.79 Å². The van der Waals surface area contributed by atoms with Crippen LogP contribution in [0.5, 0.6) is 0 Å². The van der Waals surface area contributed by atoms with Crippen LogP contribution in [0.15, 0.2) is 0 Å². The topological polar surface area (TPSA) is 20.3 Å². The van der Waals surface area contributed by atoms with E-state index in [0.29, 0.717) is 0 Å². The van der Waals surface area contributed by atoms with Crippen LogP contribution >= 0.6 is 0 Å². The first-order valence-electron chi connectivity index (χ1n) is 5.38. The molecule has 0 rings (SSSR count). The number of rotatable bonds is 7. The number of hydrogen-bond donors (Lipinski definition) is 0. The van der Waals surface area contributed by atoms with Gasteiger partial charge in [-0.3, -0.25) is 4.79 Å². The van der Waals surface area contributed by atoms with Crippen LogP contribution in [-0.4, -0.2) is 24.9 Å². The largest absolute Gasteiger partial charge is 0.349 e. The lowest BCUT2D eigenvalue weighted by Gasteiger charge is -2.09. The second kappa shape index (κ2) is 8.09. The summed E-state index contributed by atoms with van der Waals surface area (Å²) in [6, 6.07) is 0. The Morgan fingerprint density at radius 2 is 1.54 bits per heavy atom. The second-order valence-electron chi connectivity index (χ2n) is 3.81. The van der Waals surface area contributed by atoms with Gasteiger partial charge in [-0.25, -0.2) is 0 Å². The quantitative estimate of drug-likeness (QED) is 0.558. The van der Waals surface area contributed by atoms with Crippen LogP contribution in [0.3, 0.4) is 0 Å². The van der Waals surface area contributed by atoms with Crippen LogP contribution in [0.4, 0.5) is 0 Å². The summed E-state index contributed by atoms with van der Waals surface area (Å²) in [6.07, 6.45) is 8.22. The Balaban J connectivity index is 3.12. The van der Waals surface area contributed by atoms with Gasteiger partial charge in [-0.1, -0.05) is 39.0 Å². The fourth-order valence-corrected chi connectivity index (χ4v) is 1.28. The van der Waals surface area contributed by atoms with Crippen molar-refractivity contribution in [1.82, 2.24) is 4.90 Å². The number of amides is 1. The number of hydrogen-bond acceptors (Lipinski definition) is 1. The third-order valence-corrected chi connectivity index (χ3v) is 2.24. The molecule has 0 aromatic rings. The molecule has 0 fully saturated rings. The first kappa shape index (κ1) is 12.5. The minimum Gasteiger partial charge on any atom is -0.349 e. The highest BCUT2D eigenvalue weighted by Crippen LogP contribution is 2.07. The molecule has 0 atom stereocenters. The predicted octanol–water partition coefficient (Wildman–Crippen LogP) is 2.83. The Labute approximate surface area is 82.3 Å². The van der Waals surface area contributed by atoms with Crippen molar-refractivity contribution in [3.63, 3.8) is 0 Å². The molecule has 0 spiro atoms. The molecular formula is C11H23NO. The zero-order valence-corrected chi connectivity index (χ0v) is 9.31. The molecule has 0 radical (unpaired) electrons. The molecule has 1 amide bonds. The molecular weight excluding hydrogens is 162 g/mol. The van der Waals surface area contributed by atoms with E-state index in [-0.39, 0.29) is 5.91 Å². The van der Waals surface area contributed by atoms with Crippen LogP contribution < -0.4 is 0 Å². The lowest BCUT2D eigenvalue weighted by molar-refractivity contribution is -0.128. The van der Waals surface area contributed by atoms with E-state index in [1.54, 1.807) is 4.90 Å². The van der Waals surface area contributed by atoms with E-state index >= 15 is 0 Å². The Bertz CT molecular complexity index is 132. The van der Waals surface area contributed by atoms with Crippen molar-refractivity contribution in [2.75, 3.05) is 14.1 Å². The smallest absolute Gasteiger partial charge is 0.222 e. The summed E-state index contributed by atoms with van der Waals surface area (Å²) >= 11 is 0. The van der Waals surface area contributed by atoms with Gasteiger partial charge >= 0.3 is 0 Å². The Morgan fingerprint density at radius 1 is 1.00 bits per heavy atom. The molecule has 78 valence electrons. The minimum absolute atomic E-state index is 0.260. The molecule has 0 heterocycles. The monoisotopic (exact) mass is 185 g/mol. The van der Waals surface area contributed by atoms with Crippen LogP contribution in [-0.2, 0) is 4.79 Å². The van der Waals surface area contributed by atoms with Crippen molar-refractivity contribution in [2.45, 2.75) is 51.9 Å². The molecule has 0 aliphatic carbocycles. The maximum absolute atomic E-state index is 11.2. The number of carbonyl (C=O) groups is 1. The first-order valence-corrected chi connectivity index (χ1v) is 5.38. The average molecular weight is 185 g/mol. The van der Waals surface area contributed by atoms with Crippen molar-refractivity contribution in [1.29, 1.82) is 0 Å². The summed E-state index contributed by atoms with van der Waals surface area (Å²) in [5.41, 5.74) is 0. The lowest BCUT2D eigenvalue weighted by atomic mass is 10.1. The average Bonchev–Trinajstić information content (AvgIpc) is 2.10. The van der Waals surface area contributed by atoms with E-state index in [4.69, 9.17) is 0 Å². The summed E-state index contributed by atoms with van der Waals surface area (Å²) in [6.45, 7) is 2.22. The van der Waals surface area contributed by atoms with E-state index in [2.05, 4.69) is 6.92 Å². The van der Waals surface area contributed by atoms with Gasteiger partial charge in [0.15, 0.2) is 0 Å². The lowest BCUT2D eigenvalue weighted by Crippen LogP contribution is -2.20. The van der Waals surface area contributed by atoms with Crippen LogP contribution in [0.25, 0.3) is 0 Å². The molecule has 13 heavy (non-hydrogen) atoms. The normalized spacial score (nSPS) is 10.1. The maximum Gasteiger partial charge on any atom is 0.222 e. The highest BCUT2D eigenvalue weighted by atomic mass is 16.2. The maximum atomic E-state index is 11.2. The van der Waals surface area contributed by atoms with Gasteiger partial charge in [0.25, 0.3) is 0 Å². The molecule has 0 bridgehead atoms. The van der Waals surface area contributed by atoms with Gasteiger partial charge in [0, 0.05) is 20.5 Å². The molecule has 0 aliphatic rings. The fraction of sp³-hybridized carbons (Fsp3) is 0.909. The summed E-state index contributed by atoms with van der Waals surface area (Å²) < 4.78 is 0. The molecule has 0 N–H and O–H groups in total. The highest BCUT2D eigenvalue weighted by Gasteiger charge is 2.01. The SMILES string of the molecule is CCCCCCCCC(=O)N(C)C. The van der Waals surface area contributed by atoms with Gasteiger partial charge in [-0.15, -0.1) is 0 Å². The molecule has 2 nitrogen and oxygen atoms in total. The van der Waals surface area contributed by atoms with Crippen LogP contribution in [0.2, 0.25) is 0 Å². The van der Waals surface area contributed by atoms with Crippen LogP contribution in [0, 0.1) is 0 Å². The van der Waals surface area contributed by atoms with Gasteiger partial charge in [0.05, 0.1) is 0 Å². The van der Waals surface area contributed by atoms with Crippen molar-refractivity contribution in [3.05, 3.63) is 0 Å². The fourth-order valence-electron chi connectivity index (χ4n) is 1.28. The third-order valence-electron chi connectivity index (χ3n) is 2.24. The second-order valence-corrected chi connectivity index (χ2v) is 3.81. The third kappa shape index (κ3) is 7.82. The van der Waals surface area contributed by atoms with E-state index in [1.807, 2.05) is 14.1 Å². The summed E-state index contributed by atoms with van der Waals surface area (Å²) in [4.78, 5) is 12.8. The van der Waals surface area contributed by atoms with Gasteiger partial charge in [0.1, 0.15) is 0 Å². The van der Waals surface area contributed by atoms with Gasteiger partial charge in [-0.05, 0) is 6.42 Å². The molecule has 0 saturated carbocycles. The van der Waals surface area contributed by atoms with Gasteiger partial charge < -0.3 is 4.90 Å². The molecule has 0 aliphatic heterocycles. The number of unbranched alkanes of at least 4 members (excludes halogenated alkanes) is 5. The number of nitrogens with zero attached hydrogens (tertiary/aromatic N) is 1. The Morgan fingerprint density at radius 3 is 2.08 bits per heavy atom. The minimum atomic E-state index is 0.260. The Hall–Kier alpha value is -0.530. The van der Waals surface area contributed by atoms with Crippen LogP contribution in [0.1, 0.15) is 51.9 Å². The molecule has 0 aromatic heterocycles. The zero-order valence-electron chi connectivity index (χ0n) is 9.31. The summed E-state index contributed by atoms with van der Waals surface area (Å²) in [7, 11) is 3.64. The molecule has 0 saturated heterocycles. The summed E-state index contributed by atoms with van der Waals surface area (Å²) in [5, 5.41) is 0. The number of carbonyl (C=O) groups excluding carboxylic acids is 1. The molecule has 0 aromatic carbocycles. The molecule has 0 unspecified atom stereocenters. The summed E-state index contributed by atoms with van der Waals surface area (Å²) in [5.74, 6) is 0.260. The van der Waals surface area contributed by atoms with E-state index < -0.39 is 0 Å². The van der Waals surface area contributed by atoms with Crippen molar-refractivity contribution in [3.8, 4) is 0 Å². The van der Waals surface area contributed by atoms with E-state index in [9.17, 15) is 4.79 Å².